The minimum Gasteiger partial charge on any atom is -0.471 e. The van der Waals surface area contributed by atoms with Crippen LogP contribution in [0.2, 0.25) is 0 Å². The summed E-state index contributed by atoms with van der Waals surface area (Å²) in [7, 11) is 0. The van der Waals surface area contributed by atoms with Crippen LogP contribution in [0.1, 0.15) is 22.6 Å². The molecule has 1 unspecified atom stereocenters. The lowest BCUT2D eigenvalue weighted by Gasteiger charge is -2.15. The topological polar surface area (TPSA) is 94.2 Å². The number of rotatable bonds is 4. The monoisotopic (exact) mass is 351 g/mol. The van der Waals surface area contributed by atoms with Crippen LogP contribution < -0.4 is 4.74 Å². The highest BCUT2D eigenvalue weighted by atomic mass is 16.5. The Morgan fingerprint density at radius 3 is 3.00 bits per heavy atom. The first-order valence-electron chi connectivity index (χ1n) is 8.32. The Morgan fingerprint density at radius 1 is 1.31 bits per heavy atom. The van der Waals surface area contributed by atoms with Crippen LogP contribution in [0.4, 0.5) is 0 Å². The van der Waals surface area contributed by atoms with Crippen molar-refractivity contribution >= 4 is 5.91 Å². The van der Waals surface area contributed by atoms with Gasteiger partial charge in [-0.1, -0.05) is 5.16 Å². The van der Waals surface area contributed by atoms with Crippen LogP contribution in [0, 0.1) is 6.92 Å². The smallest absolute Gasteiger partial charge is 0.276 e. The third-order valence-electron chi connectivity index (χ3n) is 4.17. The van der Waals surface area contributed by atoms with E-state index in [1.54, 1.807) is 35.5 Å². The Labute approximate surface area is 149 Å². The van der Waals surface area contributed by atoms with Gasteiger partial charge in [-0.15, -0.1) is 5.10 Å². The third-order valence-corrected chi connectivity index (χ3v) is 4.17. The molecule has 26 heavy (non-hydrogen) atoms. The zero-order valence-electron chi connectivity index (χ0n) is 14.2. The summed E-state index contributed by atoms with van der Waals surface area (Å²) >= 11 is 0. The fourth-order valence-electron chi connectivity index (χ4n) is 2.81. The molecule has 1 aliphatic rings. The molecule has 0 saturated carbocycles. The van der Waals surface area contributed by atoms with Crippen molar-refractivity contribution in [1.29, 1.82) is 0 Å². The van der Waals surface area contributed by atoms with E-state index in [-0.39, 0.29) is 17.7 Å². The van der Waals surface area contributed by atoms with Gasteiger partial charge in [0, 0.05) is 43.1 Å². The highest BCUT2D eigenvalue weighted by Gasteiger charge is 2.30. The summed E-state index contributed by atoms with van der Waals surface area (Å²) in [5, 5.41) is 11.9. The summed E-state index contributed by atoms with van der Waals surface area (Å²) in [4.78, 5) is 18.4. The van der Waals surface area contributed by atoms with E-state index in [1.165, 1.54) is 0 Å². The second-order valence-corrected chi connectivity index (χ2v) is 6.11. The van der Waals surface area contributed by atoms with Gasteiger partial charge in [0.05, 0.1) is 12.2 Å². The van der Waals surface area contributed by atoms with Crippen molar-refractivity contribution in [2.75, 3.05) is 13.1 Å². The molecule has 0 aromatic carbocycles. The van der Waals surface area contributed by atoms with Crippen LogP contribution in [-0.4, -0.2) is 50.3 Å². The molecule has 1 saturated heterocycles. The Kier molecular flexibility index (Phi) is 4.30. The SMILES string of the molecule is Cc1ccc(OC2CCN(C(=O)c3cc(-c4cccnc4)on3)C2)nn1. The maximum Gasteiger partial charge on any atom is 0.276 e. The summed E-state index contributed by atoms with van der Waals surface area (Å²) in [6, 6.07) is 8.92. The summed E-state index contributed by atoms with van der Waals surface area (Å²) in [6.07, 6.45) is 3.96. The number of aromatic nitrogens is 4. The van der Waals surface area contributed by atoms with Crippen molar-refractivity contribution in [2.45, 2.75) is 19.4 Å². The number of carbonyl (C=O) groups excluding carboxylic acids is 1. The van der Waals surface area contributed by atoms with Gasteiger partial charge in [0.2, 0.25) is 5.88 Å². The number of carbonyl (C=O) groups is 1. The highest BCUT2D eigenvalue weighted by molar-refractivity contribution is 5.93. The average molecular weight is 351 g/mol. The number of likely N-dealkylation sites (tertiary alicyclic amines) is 1. The van der Waals surface area contributed by atoms with Crippen LogP contribution in [0.3, 0.4) is 0 Å². The van der Waals surface area contributed by atoms with E-state index < -0.39 is 0 Å². The number of ether oxygens (including phenoxy) is 1. The van der Waals surface area contributed by atoms with Gasteiger partial charge in [0.1, 0.15) is 6.10 Å². The molecule has 8 nitrogen and oxygen atoms in total. The standard InChI is InChI=1S/C18H17N5O3/c1-12-4-5-17(21-20-12)25-14-6-8-23(11-14)18(24)15-9-16(26-22-15)13-3-2-7-19-10-13/h2-5,7,9-10,14H,6,8,11H2,1H3. The van der Waals surface area contributed by atoms with Crippen LogP contribution in [0.15, 0.2) is 47.2 Å². The molecule has 132 valence electrons. The van der Waals surface area contributed by atoms with Crippen molar-refractivity contribution in [1.82, 2.24) is 25.2 Å². The molecule has 4 heterocycles. The van der Waals surface area contributed by atoms with Crippen molar-refractivity contribution < 1.29 is 14.1 Å². The molecule has 0 spiro atoms. The molecule has 0 aliphatic carbocycles. The second-order valence-electron chi connectivity index (χ2n) is 6.11. The number of nitrogens with zero attached hydrogens (tertiary/aromatic N) is 5. The maximum absolute atomic E-state index is 12.6. The normalized spacial score (nSPS) is 16.7. The van der Waals surface area contributed by atoms with Crippen LogP contribution >= 0.6 is 0 Å². The molecule has 4 rings (SSSR count). The fraction of sp³-hybridized carbons (Fsp3) is 0.278. The quantitative estimate of drug-likeness (QED) is 0.710. The van der Waals surface area contributed by atoms with Gasteiger partial charge in [0.25, 0.3) is 5.91 Å². The van der Waals surface area contributed by atoms with Crippen molar-refractivity contribution in [3.05, 3.63) is 54.1 Å². The van der Waals surface area contributed by atoms with E-state index >= 15 is 0 Å². The number of amides is 1. The lowest BCUT2D eigenvalue weighted by molar-refractivity contribution is 0.0761. The number of hydrogen-bond donors (Lipinski definition) is 0. The average Bonchev–Trinajstić information content (AvgIpc) is 3.34. The van der Waals surface area contributed by atoms with Crippen molar-refractivity contribution in [3.63, 3.8) is 0 Å². The highest BCUT2D eigenvalue weighted by Crippen LogP contribution is 2.22. The van der Waals surface area contributed by atoms with Crippen molar-refractivity contribution in [3.8, 4) is 17.2 Å². The lowest BCUT2D eigenvalue weighted by atomic mass is 10.2. The molecule has 3 aromatic rings. The molecule has 1 aliphatic heterocycles. The predicted molar refractivity (Wildman–Crippen MR) is 91.4 cm³/mol. The zero-order valence-corrected chi connectivity index (χ0v) is 14.2. The van der Waals surface area contributed by atoms with E-state index in [1.807, 2.05) is 19.1 Å². The van der Waals surface area contributed by atoms with E-state index in [0.29, 0.717) is 24.7 Å². The first kappa shape index (κ1) is 16.2. The molecular formula is C18H17N5O3. The van der Waals surface area contributed by atoms with Gasteiger partial charge in [-0.25, -0.2) is 0 Å². The maximum atomic E-state index is 12.6. The van der Waals surface area contributed by atoms with E-state index in [0.717, 1.165) is 17.7 Å². The Hall–Kier alpha value is -3.29. The largest absolute Gasteiger partial charge is 0.471 e. The van der Waals surface area contributed by atoms with Crippen LogP contribution in [0.5, 0.6) is 5.88 Å². The summed E-state index contributed by atoms with van der Waals surface area (Å²) in [5.41, 5.74) is 1.88. The molecule has 8 heteroatoms. The van der Waals surface area contributed by atoms with Gasteiger partial charge < -0.3 is 14.2 Å². The number of aryl methyl sites for hydroxylation is 1. The molecule has 0 N–H and O–H groups in total. The van der Waals surface area contributed by atoms with E-state index in [2.05, 4.69) is 20.3 Å². The zero-order chi connectivity index (χ0) is 17.9. The van der Waals surface area contributed by atoms with Crippen molar-refractivity contribution in [2.24, 2.45) is 0 Å². The predicted octanol–water partition coefficient (Wildman–Crippen LogP) is 2.13. The first-order valence-corrected chi connectivity index (χ1v) is 8.32. The van der Waals surface area contributed by atoms with Gasteiger partial charge in [0.15, 0.2) is 11.5 Å². The molecule has 1 atom stereocenters. The second kappa shape index (κ2) is 6.91. The Bertz CT molecular complexity index is 895. The molecule has 0 radical (unpaired) electrons. The van der Waals surface area contributed by atoms with Gasteiger partial charge in [-0.3, -0.25) is 9.78 Å². The van der Waals surface area contributed by atoms with Gasteiger partial charge in [-0.05, 0) is 25.1 Å². The molecule has 0 bridgehead atoms. The fourth-order valence-corrected chi connectivity index (χ4v) is 2.81. The van der Waals surface area contributed by atoms with Gasteiger partial charge >= 0.3 is 0 Å². The Morgan fingerprint density at radius 2 is 2.23 bits per heavy atom. The molecule has 3 aromatic heterocycles. The number of pyridine rings is 1. The summed E-state index contributed by atoms with van der Waals surface area (Å²) in [5.74, 6) is 0.809. The van der Waals surface area contributed by atoms with Crippen LogP contribution in [-0.2, 0) is 0 Å². The van der Waals surface area contributed by atoms with E-state index in [4.69, 9.17) is 9.26 Å². The third kappa shape index (κ3) is 3.39. The number of hydrogen-bond acceptors (Lipinski definition) is 7. The summed E-state index contributed by atoms with van der Waals surface area (Å²) in [6.45, 7) is 2.94. The molecular weight excluding hydrogens is 334 g/mol. The van der Waals surface area contributed by atoms with Gasteiger partial charge in [-0.2, -0.15) is 5.10 Å². The minimum absolute atomic E-state index is 0.111. The lowest BCUT2D eigenvalue weighted by Crippen LogP contribution is -2.31. The van der Waals surface area contributed by atoms with E-state index in [9.17, 15) is 4.79 Å². The minimum atomic E-state index is -0.176. The van der Waals surface area contributed by atoms with Crippen LogP contribution in [0.25, 0.3) is 11.3 Å². The molecule has 1 fully saturated rings. The Balaban J connectivity index is 1.40. The first-order chi connectivity index (χ1) is 12.7. The molecule has 1 amide bonds. The summed E-state index contributed by atoms with van der Waals surface area (Å²) < 4.78 is 11.1.